The van der Waals surface area contributed by atoms with Crippen molar-refractivity contribution in [2.75, 3.05) is 5.32 Å². The van der Waals surface area contributed by atoms with Crippen molar-refractivity contribution in [3.05, 3.63) is 95.0 Å². The Labute approximate surface area is 162 Å². The Kier molecular flexibility index (Phi) is 5.88. The number of hydrogen-bond donors (Lipinski definition) is 1. The molecule has 0 fully saturated rings. The molecule has 5 heteroatoms. The number of hydrogen-bond acceptors (Lipinski definition) is 3. The van der Waals surface area contributed by atoms with Crippen LogP contribution in [0.15, 0.2) is 84.4 Å². The lowest BCUT2D eigenvalue weighted by Gasteiger charge is -2.07. The molecule has 1 amide bonds. The molecular formula is C22H15ClN2O2. The normalized spacial score (nSPS) is 10.7. The molecule has 0 heterocycles. The number of carbonyl (C=O) groups is 1. The van der Waals surface area contributed by atoms with Gasteiger partial charge in [-0.25, -0.2) is 0 Å². The van der Waals surface area contributed by atoms with Gasteiger partial charge in [0, 0.05) is 10.7 Å². The summed E-state index contributed by atoms with van der Waals surface area (Å²) >= 11 is 5.83. The van der Waals surface area contributed by atoms with E-state index in [2.05, 4.69) is 5.32 Å². The molecule has 1 N–H and O–H groups in total. The summed E-state index contributed by atoms with van der Waals surface area (Å²) in [4.78, 5) is 12.3. The summed E-state index contributed by atoms with van der Waals surface area (Å²) in [6, 6.07) is 25.1. The molecule has 0 aliphatic heterocycles. The highest BCUT2D eigenvalue weighted by Crippen LogP contribution is 2.23. The number of nitrogens with zero attached hydrogens (tertiary/aromatic N) is 1. The van der Waals surface area contributed by atoms with Gasteiger partial charge < -0.3 is 10.1 Å². The number of halogens is 1. The van der Waals surface area contributed by atoms with Crippen molar-refractivity contribution in [1.82, 2.24) is 0 Å². The second kappa shape index (κ2) is 8.70. The number of para-hydroxylation sites is 1. The summed E-state index contributed by atoms with van der Waals surface area (Å²) < 4.78 is 5.78. The minimum atomic E-state index is -0.491. The lowest BCUT2D eigenvalue weighted by Crippen LogP contribution is -2.13. The van der Waals surface area contributed by atoms with Gasteiger partial charge in [-0.1, -0.05) is 41.9 Å². The molecule has 27 heavy (non-hydrogen) atoms. The third kappa shape index (κ3) is 5.21. The summed E-state index contributed by atoms with van der Waals surface area (Å²) in [6.45, 7) is 0. The molecule has 0 radical (unpaired) electrons. The lowest BCUT2D eigenvalue weighted by molar-refractivity contribution is -0.112. The van der Waals surface area contributed by atoms with E-state index in [-0.39, 0.29) is 5.57 Å². The maximum atomic E-state index is 12.3. The van der Waals surface area contributed by atoms with Gasteiger partial charge in [-0.05, 0) is 60.2 Å². The van der Waals surface area contributed by atoms with E-state index in [0.717, 1.165) is 0 Å². The van der Waals surface area contributed by atoms with E-state index < -0.39 is 5.91 Å². The predicted octanol–water partition coefficient (Wildman–Crippen LogP) is 5.68. The summed E-state index contributed by atoms with van der Waals surface area (Å²) in [5.74, 6) is 0.833. The third-order valence-electron chi connectivity index (χ3n) is 3.62. The van der Waals surface area contributed by atoms with Crippen LogP contribution in [0.1, 0.15) is 5.56 Å². The smallest absolute Gasteiger partial charge is 0.266 e. The third-order valence-corrected chi connectivity index (χ3v) is 3.87. The standard InChI is InChI=1S/C22H15ClN2O2/c23-18-9-11-19(12-10-18)25-22(26)17(15-24)13-16-5-4-8-21(14-16)27-20-6-2-1-3-7-20/h1-14H,(H,25,26)/b17-13-. The van der Waals surface area contributed by atoms with Crippen molar-refractivity contribution >= 4 is 29.3 Å². The Bertz CT molecular complexity index is 1010. The minimum absolute atomic E-state index is 0.0122. The minimum Gasteiger partial charge on any atom is -0.457 e. The number of nitriles is 1. The van der Waals surface area contributed by atoms with E-state index in [1.807, 2.05) is 42.5 Å². The Morgan fingerprint density at radius 1 is 0.963 bits per heavy atom. The second-order valence-corrected chi connectivity index (χ2v) is 6.05. The zero-order chi connectivity index (χ0) is 19.1. The van der Waals surface area contributed by atoms with E-state index in [1.54, 1.807) is 42.5 Å². The summed E-state index contributed by atoms with van der Waals surface area (Å²) in [6.07, 6.45) is 1.52. The Morgan fingerprint density at radius 2 is 1.67 bits per heavy atom. The van der Waals surface area contributed by atoms with E-state index in [1.165, 1.54) is 6.08 Å². The van der Waals surface area contributed by atoms with E-state index in [0.29, 0.717) is 27.8 Å². The van der Waals surface area contributed by atoms with E-state index >= 15 is 0 Å². The van der Waals surface area contributed by atoms with Gasteiger partial charge in [0.2, 0.25) is 0 Å². The first-order valence-corrected chi connectivity index (χ1v) is 8.53. The molecule has 0 unspecified atom stereocenters. The van der Waals surface area contributed by atoms with Crippen LogP contribution in [0.5, 0.6) is 11.5 Å². The van der Waals surface area contributed by atoms with Gasteiger partial charge >= 0.3 is 0 Å². The molecule has 4 nitrogen and oxygen atoms in total. The van der Waals surface area contributed by atoms with Crippen molar-refractivity contribution < 1.29 is 9.53 Å². The highest BCUT2D eigenvalue weighted by atomic mass is 35.5. The predicted molar refractivity (Wildman–Crippen MR) is 107 cm³/mol. The largest absolute Gasteiger partial charge is 0.457 e. The average Bonchev–Trinajstić information content (AvgIpc) is 2.69. The van der Waals surface area contributed by atoms with Crippen LogP contribution in [-0.2, 0) is 4.79 Å². The molecule has 0 aliphatic carbocycles. The number of amides is 1. The monoisotopic (exact) mass is 374 g/mol. The van der Waals surface area contributed by atoms with Gasteiger partial charge in [-0.2, -0.15) is 5.26 Å². The molecule has 0 spiro atoms. The van der Waals surface area contributed by atoms with Crippen LogP contribution in [0.3, 0.4) is 0 Å². The molecule has 0 bridgehead atoms. The van der Waals surface area contributed by atoms with Crippen LogP contribution in [0, 0.1) is 11.3 Å². The quantitative estimate of drug-likeness (QED) is 0.461. The summed E-state index contributed by atoms with van der Waals surface area (Å²) in [7, 11) is 0. The number of rotatable bonds is 5. The van der Waals surface area contributed by atoms with E-state index in [9.17, 15) is 10.1 Å². The van der Waals surface area contributed by atoms with Gasteiger partial charge in [0.05, 0.1) is 0 Å². The molecule has 132 valence electrons. The van der Waals surface area contributed by atoms with Gasteiger partial charge in [-0.15, -0.1) is 0 Å². The molecule has 0 aromatic heterocycles. The Morgan fingerprint density at radius 3 is 2.37 bits per heavy atom. The maximum absolute atomic E-state index is 12.3. The summed E-state index contributed by atoms with van der Waals surface area (Å²) in [5, 5.41) is 12.6. The number of anilines is 1. The zero-order valence-corrected chi connectivity index (χ0v) is 15.0. The second-order valence-electron chi connectivity index (χ2n) is 5.62. The maximum Gasteiger partial charge on any atom is 0.266 e. The first-order chi connectivity index (χ1) is 13.1. The van der Waals surface area contributed by atoms with Crippen LogP contribution >= 0.6 is 11.6 Å². The molecule has 0 aliphatic rings. The fraction of sp³-hybridized carbons (Fsp3) is 0. The highest BCUT2D eigenvalue weighted by molar-refractivity contribution is 6.30. The molecule has 0 atom stereocenters. The number of nitrogens with one attached hydrogen (secondary N) is 1. The van der Waals surface area contributed by atoms with Crippen molar-refractivity contribution in [3.63, 3.8) is 0 Å². The van der Waals surface area contributed by atoms with Gasteiger partial charge in [-0.3, -0.25) is 4.79 Å². The summed E-state index contributed by atoms with van der Waals surface area (Å²) in [5.41, 5.74) is 1.24. The van der Waals surface area contributed by atoms with Crippen molar-refractivity contribution in [1.29, 1.82) is 5.26 Å². The SMILES string of the molecule is N#C/C(=C/c1cccc(Oc2ccccc2)c1)C(=O)Nc1ccc(Cl)cc1. The van der Waals surface area contributed by atoms with Gasteiger partial charge in [0.1, 0.15) is 23.1 Å². The van der Waals surface area contributed by atoms with Crippen LogP contribution in [0.4, 0.5) is 5.69 Å². The number of carbonyl (C=O) groups excluding carboxylic acids is 1. The van der Waals surface area contributed by atoms with Gasteiger partial charge in [0.15, 0.2) is 0 Å². The molecule has 0 saturated heterocycles. The Balaban J connectivity index is 1.77. The Hall–Kier alpha value is -3.55. The van der Waals surface area contributed by atoms with Crippen LogP contribution in [0.25, 0.3) is 6.08 Å². The molecule has 0 saturated carbocycles. The molecule has 3 aromatic rings. The van der Waals surface area contributed by atoms with Crippen LogP contribution < -0.4 is 10.1 Å². The fourth-order valence-corrected chi connectivity index (χ4v) is 2.47. The van der Waals surface area contributed by atoms with Crippen molar-refractivity contribution in [2.45, 2.75) is 0 Å². The molecule has 3 rings (SSSR count). The number of ether oxygens (including phenoxy) is 1. The van der Waals surface area contributed by atoms with Crippen molar-refractivity contribution in [3.8, 4) is 17.6 Å². The molecular weight excluding hydrogens is 360 g/mol. The first-order valence-electron chi connectivity index (χ1n) is 8.16. The zero-order valence-electron chi connectivity index (χ0n) is 14.2. The highest BCUT2D eigenvalue weighted by Gasteiger charge is 2.10. The van der Waals surface area contributed by atoms with Gasteiger partial charge in [0.25, 0.3) is 5.91 Å². The average molecular weight is 375 g/mol. The van der Waals surface area contributed by atoms with Crippen LogP contribution in [-0.4, -0.2) is 5.91 Å². The van der Waals surface area contributed by atoms with E-state index in [4.69, 9.17) is 16.3 Å². The molecule has 3 aromatic carbocycles. The van der Waals surface area contributed by atoms with Crippen LogP contribution in [0.2, 0.25) is 5.02 Å². The topological polar surface area (TPSA) is 62.1 Å². The fourth-order valence-electron chi connectivity index (χ4n) is 2.34. The van der Waals surface area contributed by atoms with Crippen molar-refractivity contribution in [2.24, 2.45) is 0 Å². The lowest BCUT2D eigenvalue weighted by atomic mass is 10.1. The first kappa shape index (κ1) is 18.2. The number of benzene rings is 3.